The number of aliphatic carboxylic acids is 4. The van der Waals surface area contributed by atoms with Crippen LogP contribution in [0.1, 0.15) is 77.7 Å². The average Bonchev–Trinajstić information content (AvgIpc) is 3.34. The van der Waals surface area contributed by atoms with Gasteiger partial charge >= 0.3 is 23.9 Å². The Labute approximate surface area is 434 Å². The fourth-order valence-electron chi connectivity index (χ4n) is 6.78. The highest BCUT2D eigenvalue weighted by atomic mass is 16.4. The number of amides is 8. The smallest absolute Gasteiger partial charge is 0.326 e. The number of aliphatic hydroxyl groups is 3. The Morgan fingerprint density at radius 2 is 0.908 bits per heavy atom. The zero-order chi connectivity index (χ0) is 57.8. The number of hydrogen-bond donors (Lipinski definition) is 19. The van der Waals surface area contributed by atoms with E-state index in [9.17, 15) is 88.2 Å². The summed E-state index contributed by atoms with van der Waals surface area (Å²) in [5.41, 5.74) is 11.6. The molecule has 0 aliphatic heterocycles. The number of carboxylic acid groups (broad SMARTS) is 4. The zero-order valence-corrected chi connectivity index (χ0v) is 41.9. The quantitative estimate of drug-likeness (QED) is 0.0169. The minimum Gasteiger partial charge on any atom is -0.481 e. The standard InChI is InChI=1S/C45H70N12O19/c1-21(2)34(56-39(70)28(18-23-8-5-4-6-9-23)53-36(67)24(46)11-14-31(61)62)42(73)55-30(20-59)40(71)50-26(13-16-33(65)66)38(69)57-35(22(3)60)43(74)51-25(12-15-32(63)64)37(68)54-29(19-58)41(72)52-27(44(75)76)10-7-17-49-45(47)48/h4-6,8-9,21-22,24-30,34-35,58-60H,7,10-20,46H2,1-3H3,(H,50,71)(H,51,74)(H,52,72)(H,53,67)(H,54,68)(H,55,73)(H,56,70)(H,57,69)(H,61,62)(H,63,64)(H,65,66)(H,75,76)(H4,47,48,49)/t22-,24+,25+,26+,27+,28+,29+,30+,34+,35+/m1/s1. The van der Waals surface area contributed by atoms with Gasteiger partial charge in [0.1, 0.15) is 48.3 Å². The fourth-order valence-corrected chi connectivity index (χ4v) is 6.78. The summed E-state index contributed by atoms with van der Waals surface area (Å²) in [4.78, 5) is 154. The van der Waals surface area contributed by atoms with E-state index in [0.717, 1.165) is 6.92 Å². The van der Waals surface area contributed by atoms with E-state index in [1.54, 1.807) is 30.3 Å². The van der Waals surface area contributed by atoms with E-state index in [1.165, 1.54) is 13.8 Å². The van der Waals surface area contributed by atoms with Crippen LogP contribution in [0, 0.1) is 11.3 Å². The Bertz CT molecular complexity index is 2200. The Morgan fingerprint density at radius 3 is 1.37 bits per heavy atom. The molecule has 21 N–H and O–H groups in total. The van der Waals surface area contributed by atoms with Crippen LogP contribution in [0.15, 0.2) is 30.3 Å². The van der Waals surface area contributed by atoms with Crippen LogP contribution in [-0.4, -0.2) is 193 Å². The molecular weight excluding hydrogens is 1010 g/mol. The van der Waals surface area contributed by atoms with E-state index in [0.29, 0.717) is 5.56 Å². The van der Waals surface area contributed by atoms with Gasteiger partial charge in [0.25, 0.3) is 0 Å². The molecule has 424 valence electrons. The molecule has 0 aliphatic rings. The second kappa shape index (κ2) is 33.7. The van der Waals surface area contributed by atoms with Gasteiger partial charge in [-0.05, 0) is 50.5 Å². The second-order valence-corrected chi connectivity index (χ2v) is 17.6. The summed E-state index contributed by atoms with van der Waals surface area (Å²) in [6, 6.07) is -7.04. The van der Waals surface area contributed by atoms with Crippen molar-refractivity contribution in [1.82, 2.24) is 47.9 Å². The van der Waals surface area contributed by atoms with Crippen molar-refractivity contribution in [2.24, 2.45) is 17.4 Å². The summed E-state index contributed by atoms with van der Waals surface area (Å²) in [7, 11) is 0. The number of guanidine groups is 1. The SMILES string of the molecule is CC(C)[C@H](NC(=O)[C@H](Cc1ccccc1)NC(=O)[C@@H](N)CCC(=O)O)C(=O)N[C@@H](CO)C(=O)N[C@@H](CCC(=O)O)C(=O)N[C@H](C(=O)N[C@@H](CCC(=O)O)C(=O)N[C@@H](CO)C(=O)N[C@@H](CCCNC(=N)N)C(=O)O)[C@@H](C)O. The molecule has 0 heterocycles. The first kappa shape index (κ1) is 66.0. The minimum atomic E-state index is -2.05. The van der Waals surface area contributed by atoms with Gasteiger partial charge in [0.05, 0.1) is 25.4 Å². The maximum absolute atomic E-state index is 13.7. The first-order chi connectivity index (χ1) is 35.6. The molecule has 0 spiro atoms. The molecular formula is C45H70N12O19. The lowest BCUT2D eigenvalue weighted by Gasteiger charge is -2.29. The van der Waals surface area contributed by atoms with E-state index in [-0.39, 0.29) is 32.2 Å². The zero-order valence-electron chi connectivity index (χ0n) is 41.9. The van der Waals surface area contributed by atoms with E-state index in [2.05, 4.69) is 47.9 Å². The Morgan fingerprint density at radius 1 is 0.513 bits per heavy atom. The molecule has 0 saturated heterocycles. The van der Waals surface area contributed by atoms with Crippen molar-refractivity contribution in [1.29, 1.82) is 5.41 Å². The van der Waals surface area contributed by atoms with E-state index < -0.39 is 189 Å². The van der Waals surface area contributed by atoms with Crippen molar-refractivity contribution in [3.63, 3.8) is 0 Å². The van der Waals surface area contributed by atoms with E-state index in [1.807, 2.05) is 0 Å². The third-order valence-electron chi connectivity index (χ3n) is 11.0. The minimum absolute atomic E-state index is 0.0563. The molecule has 31 nitrogen and oxygen atoms in total. The Balaban J connectivity index is 3.33. The largest absolute Gasteiger partial charge is 0.481 e. The van der Waals surface area contributed by atoms with Crippen LogP contribution in [0.25, 0.3) is 0 Å². The molecule has 0 aromatic heterocycles. The fraction of sp³-hybridized carbons (Fsp3) is 0.578. The van der Waals surface area contributed by atoms with Gasteiger partial charge in [-0.25, -0.2) is 4.79 Å². The Kier molecular flexibility index (Phi) is 29.3. The van der Waals surface area contributed by atoms with Gasteiger partial charge in [0.15, 0.2) is 5.96 Å². The number of aliphatic hydroxyl groups excluding tert-OH is 3. The lowest BCUT2D eigenvalue weighted by Crippen LogP contribution is -2.62. The van der Waals surface area contributed by atoms with Crippen molar-refractivity contribution in [2.45, 2.75) is 139 Å². The number of hydrogen-bond acceptors (Lipinski definition) is 17. The number of carboxylic acids is 4. The first-order valence-corrected chi connectivity index (χ1v) is 23.7. The van der Waals surface area contributed by atoms with Gasteiger partial charge in [-0.15, -0.1) is 0 Å². The van der Waals surface area contributed by atoms with Crippen molar-refractivity contribution in [2.75, 3.05) is 19.8 Å². The molecule has 10 atom stereocenters. The number of carbonyl (C=O) groups is 12. The molecule has 76 heavy (non-hydrogen) atoms. The van der Waals surface area contributed by atoms with Gasteiger partial charge in [0, 0.05) is 32.2 Å². The summed E-state index contributed by atoms with van der Waals surface area (Å²) >= 11 is 0. The monoisotopic (exact) mass is 1080 g/mol. The van der Waals surface area contributed by atoms with Crippen molar-refractivity contribution in [3.05, 3.63) is 35.9 Å². The number of benzene rings is 1. The number of carbonyl (C=O) groups excluding carboxylic acids is 8. The highest BCUT2D eigenvalue weighted by Crippen LogP contribution is 2.10. The van der Waals surface area contributed by atoms with Crippen LogP contribution in [0.3, 0.4) is 0 Å². The second-order valence-electron chi connectivity index (χ2n) is 17.6. The summed E-state index contributed by atoms with van der Waals surface area (Å²) < 4.78 is 0. The lowest BCUT2D eigenvalue weighted by atomic mass is 10.00. The highest BCUT2D eigenvalue weighted by molar-refractivity contribution is 5.98. The van der Waals surface area contributed by atoms with Crippen LogP contribution < -0.4 is 59.3 Å². The molecule has 0 aliphatic carbocycles. The summed E-state index contributed by atoms with van der Waals surface area (Å²) in [6.45, 7) is 1.76. The molecule has 0 bridgehead atoms. The van der Waals surface area contributed by atoms with Crippen LogP contribution in [0.4, 0.5) is 0 Å². The lowest BCUT2D eigenvalue weighted by molar-refractivity contribution is -0.143. The number of nitrogens with two attached hydrogens (primary N) is 2. The van der Waals surface area contributed by atoms with E-state index in [4.69, 9.17) is 22.0 Å². The summed E-state index contributed by atoms with van der Waals surface area (Å²) in [5.74, 6) is -16.2. The van der Waals surface area contributed by atoms with Gasteiger partial charge in [-0.1, -0.05) is 44.2 Å². The van der Waals surface area contributed by atoms with Crippen molar-refractivity contribution in [3.8, 4) is 0 Å². The van der Waals surface area contributed by atoms with Crippen LogP contribution in [0.5, 0.6) is 0 Å². The predicted molar refractivity (Wildman–Crippen MR) is 262 cm³/mol. The van der Waals surface area contributed by atoms with Crippen LogP contribution in [0.2, 0.25) is 0 Å². The highest BCUT2D eigenvalue weighted by Gasteiger charge is 2.37. The summed E-state index contributed by atoms with van der Waals surface area (Å²) in [5, 5.41) is 95.5. The summed E-state index contributed by atoms with van der Waals surface area (Å²) in [6.07, 6.45) is -5.81. The maximum Gasteiger partial charge on any atom is 0.326 e. The molecule has 31 heteroatoms. The normalized spacial score (nSPS) is 14.9. The van der Waals surface area contributed by atoms with Crippen molar-refractivity contribution < 1.29 is 93.3 Å². The molecule has 0 fully saturated rings. The van der Waals surface area contributed by atoms with Crippen LogP contribution >= 0.6 is 0 Å². The number of nitrogens with one attached hydrogen (secondary N) is 10. The predicted octanol–water partition coefficient (Wildman–Crippen LogP) is -6.60. The van der Waals surface area contributed by atoms with Gasteiger partial charge in [0.2, 0.25) is 47.3 Å². The molecule has 8 amide bonds. The average molecular weight is 1080 g/mol. The number of rotatable bonds is 36. The Hall–Kier alpha value is -8.03. The third kappa shape index (κ3) is 24.8. The van der Waals surface area contributed by atoms with Crippen LogP contribution in [-0.2, 0) is 64.0 Å². The maximum atomic E-state index is 13.7. The van der Waals surface area contributed by atoms with Gasteiger partial charge in [-0.2, -0.15) is 0 Å². The third-order valence-corrected chi connectivity index (χ3v) is 11.0. The molecule has 1 aromatic carbocycles. The molecule has 1 rings (SSSR count). The molecule has 0 unspecified atom stereocenters. The molecule has 0 saturated carbocycles. The molecule has 0 radical (unpaired) electrons. The molecule has 1 aromatic rings. The first-order valence-electron chi connectivity index (χ1n) is 23.7. The van der Waals surface area contributed by atoms with E-state index >= 15 is 0 Å². The topological polar surface area (TPSA) is 531 Å². The van der Waals surface area contributed by atoms with Crippen molar-refractivity contribution >= 4 is 77.1 Å². The van der Waals surface area contributed by atoms with Gasteiger partial charge < -0.3 is 95.1 Å². The van der Waals surface area contributed by atoms with Gasteiger partial charge in [-0.3, -0.25) is 58.1 Å².